The molecule has 1 atom stereocenters. The minimum Gasteiger partial charge on any atom is -0.691 e. The Labute approximate surface area is 102 Å². The normalized spacial score (nSPS) is 13.5. The van der Waals surface area contributed by atoms with Crippen molar-refractivity contribution in [3.8, 4) is 0 Å². The minimum atomic E-state index is -3.95. The molecule has 0 aliphatic carbocycles. The van der Waals surface area contributed by atoms with Crippen molar-refractivity contribution >= 4 is 18.0 Å². The van der Waals surface area contributed by atoms with Gasteiger partial charge in [-0.2, -0.15) is 13.1 Å². The van der Waals surface area contributed by atoms with Gasteiger partial charge in [0.25, 0.3) is 0 Å². The fourth-order valence-electron chi connectivity index (χ4n) is 1.08. The topological polar surface area (TPSA) is 67.8 Å². The molecule has 0 bridgehead atoms. The zero-order chi connectivity index (χ0) is 13.3. The average molecular weight is 273 g/mol. The first kappa shape index (κ1) is 16.6. The van der Waals surface area contributed by atoms with Crippen LogP contribution in [0.4, 0.5) is 8.78 Å². The highest BCUT2D eigenvalue weighted by molar-refractivity contribution is 7.96. The van der Waals surface area contributed by atoms with Gasteiger partial charge in [0.15, 0.2) is 0 Å². The molecular weight excluding hydrogens is 258 g/mol. The first-order valence-corrected chi connectivity index (χ1v) is 5.91. The van der Waals surface area contributed by atoms with E-state index in [0.29, 0.717) is 6.42 Å². The summed E-state index contributed by atoms with van der Waals surface area (Å²) >= 11 is -0.685. The number of carbonyl (C=O) groups is 1. The molecule has 0 saturated carbocycles. The van der Waals surface area contributed by atoms with Crippen LogP contribution in [0.3, 0.4) is 0 Å². The van der Waals surface area contributed by atoms with E-state index < -0.39 is 29.4 Å². The van der Waals surface area contributed by atoms with Crippen LogP contribution >= 0.6 is 12.0 Å². The van der Waals surface area contributed by atoms with Crippen LogP contribution in [-0.2, 0) is 18.9 Å². The van der Waals surface area contributed by atoms with Gasteiger partial charge in [0.05, 0.1) is 6.10 Å². The number of ether oxygens (including phenoxy) is 1. The van der Waals surface area contributed by atoms with E-state index >= 15 is 0 Å². The van der Waals surface area contributed by atoms with E-state index in [1.807, 2.05) is 6.92 Å². The van der Waals surface area contributed by atoms with E-state index in [4.69, 9.17) is 0 Å². The van der Waals surface area contributed by atoms with Crippen LogP contribution in [0, 0.1) is 0 Å². The second-order valence-electron chi connectivity index (χ2n) is 3.45. The van der Waals surface area contributed by atoms with Crippen molar-refractivity contribution in [3.05, 3.63) is 0 Å². The molecule has 0 rings (SSSR count). The molecule has 5 nitrogen and oxygen atoms in total. The lowest BCUT2D eigenvalue weighted by atomic mass is 10.1. The summed E-state index contributed by atoms with van der Waals surface area (Å²) in [5.41, 5.74) is 0. The third kappa shape index (κ3) is 7.48. The molecule has 0 aliphatic rings. The zero-order valence-electron chi connectivity index (χ0n) is 9.61. The molecule has 17 heavy (non-hydrogen) atoms. The number of esters is 1. The maximum atomic E-state index is 12.9. The number of hydrogen-bond acceptors (Lipinski definition) is 6. The van der Waals surface area contributed by atoms with E-state index in [-0.39, 0.29) is 0 Å². The van der Waals surface area contributed by atoms with Crippen LogP contribution in [0.15, 0.2) is 0 Å². The molecule has 0 fully saturated rings. The highest BCUT2D eigenvalue weighted by Gasteiger charge is 2.44. The van der Waals surface area contributed by atoms with Gasteiger partial charge in [0.2, 0.25) is 0 Å². The quantitative estimate of drug-likeness (QED) is 0.210. The average Bonchev–Trinajstić information content (AvgIpc) is 2.26. The summed E-state index contributed by atoms with van der Waals surface area (Å²) in [6.45, 7) is 3.53. The molecule has 0 heterocycles. The first-order chi connectivity index (χ1) is 7.94. The summed E-state index contributed by atoms with van der Waals surface area (Å²) in [5, 5.41) is 8.15. The highest BCUT2D eigenvalue weighted by atomic mass is 32.2. The van der Waals surface area contributed by atoms with Crippen molar-refractivity contribution in [2.75, 3.05) is 0 Å². The Morgan fingerprint density at radius 2 is 2.12 bits per heavy atom. The molecule has 0 aromatic heterocycles. The monoisotopic (exact) mass is 273 g/mol. The number of unbranched alkanes of at least 4 members (excludes halogenated alkanes) is 2. The molecule has 0 saturated heterocycles. The highest BCUT2D eigenvalue weighted by Crippen LogP contribution is 2.31. The molecule has 102 valence electrons. The van der Waals surface area contributed by atoms with E-state index in [0.717, 1.165) is 19.3 Å². The van der Waals surface area contributed by atoms with Crippen molar-refractivity contribution in [1.82, 2.24) is 0 Å². The van der Waals surface area contributed by atoms with Gasteiger partial charge in [-0.25, -0.2) is 4.79 Å². The molecule has 0 radical (unpaired) electrons. The smallest absolute Gasteiger partial charge is 0.415 e. The molecule has 0 aromatic carbocycles. The predicted molar refractivity (Wildman–Crippen MR) is 54.4 cm³/mol. The van der Waals surface area contributed by atoms with E-state index in [1.165, 1.54) is 6.92 Å². The zero-order valence-corrected chi connectivity index (χ0v) is 10.4. The van der Waals surface area contributed by atoms with E-state index in [9.17, 15) is 18.8 Å². The van der Waals surface area contributed by atoms with Crippen molar-refractivity contribution < 1.29 is 32.9 Å². The Kier molecular flexibility index (Phi) is 8.40. The van der Waals surface area contributed by atoms with Gasteiger partial charge in [0.1, 0.15) is 12.0 Å². The summed E-state index contributed by atoms with van der Waals surface area (Å²) in [7, 11) is 0. The molecule has 0 spiro atoms. The summed E-state index contributed by atoms with van der Waals surface area (Å²) in [6.07, 6.45) is 2.64. The molecule has 0 aliphatic heterocycles. The standard InChI is InChI=1S/C9H16F2O5S/c1-3-4-5-6-7(2)14-8(12)9(10,11)17-16-15-13/h7,13H,3-6H2,1-2H3/p-1. The van der Waals surface area contributed by atoms with Crippen LogP contribution in [0.1, 0.15) is 39.5 Å². The second kappa shape index (κ2) is 8.62. The first-order valence-electron chi connectivity index (χ1n) is 5.17. The SMILES string of the molecule is CCCCCC(C)OC(=O)C(F)(F)SOO[O-]. The van der Waals surface area contributed by atoms with Gasteiger partial charge in [-0.3, -0.25) is 5.04 Å². The van der Waals surface area contributed by atoms with Crippen LogP contribution in [0.5, 0.6) is 0 Å². The summed E-state index contributed by atoms with van der Waals surface area (Å²) in [6, 6.07) is 0. The van der Waals surface area contributed by atoms with Crippen molar-refractivity contribution in [2.24, 2.45) is 0 Å². The van der Waals surface area contributed by atoms with Crippen molar-refractivity contribution in [2.45, 2.75) is 50.9 Å². The number of hydrogen-bond donors (Lipinski definition) is 0. The maximum Gasteiger partial charge on any atom is 0.415 e. The fourth-order valence-corrected chi connectivity index (χ4v) is 1.31. The molecule has 0 aromatic rings. The predicted octanol–water partition coefficient (Wildman–Crippen LogP) is 1.96. The molecular formula is C9H15F2O5S-. The minimum absolute atomic E-state index is 0.513. The Morgan fingerprint density at radius 1 is 1.47 bits per heavy atom. The molecule has 0 amide bonds. The summed E-state index contributed by atoms with van der Waals surface area (Å²) in [4.78, 5) is 11.0. The van der Waals surface area contributed by atoms with Gasteiger partial charge < -0.3 is 9.99 Å². The largest absolute Gasteiger partial charge is 0.691 e. The Morgan fingerprint density at radius 3 is 2.65 bits per heavy atom. The van der Waals surface area contributed by atoms with Crippen molar-refractivity contribution in [1.29, 1.82) is 0 Å². The summed E-state index contributed by atoms with van der Waals surface area (Å²) in [5.74, 6) is -1.75. The third-order valence-corrected chi connectivity index (χ3v) is 2.43. The molecule has 8 heteroatoms. The Balaban J connectivity index is 3.96. The lowest BCUT2D eigenvalue weighted by Crippen LogP contribution is -2.31. The van der Waals surface area contributed by atoms with Gasteiger partial charge in [-0.15, -0.1) is 0 Å². The summed E-state index contributed by atoms with van der Waals surface area (Å²) < 4.78 is 33.7. The van der Waals surface area contributed by atoms with Gasteiger partial charge >= 0.3 is 11.2 Å². The van der Waals surface area contributed by atoms with E-state index in [1.54, 1.807) is 0 Å². The van der Waals surface area contributed by atoms with Gasteiger partial charge in [0, 0.05) is 0 Å². The molecule has 0 N–H and O–H groups in total. The fraction of sp³-hybridized carbons (Fsp3) is 0.889. The lowest BCUT2D eigenvalue weighted by molar-refractivity contribution is -0.777. The van der Waals surface area contributed by atoms with Crippen LogP contribution in [0.25, 0.3) is 0 Å². The second-order valence-corrected chi connectivity index (χ2v) is 4.26. The van der Waals surface area contributed by atoms with Crippen LogP contribution < -0.4 is 5.26 Å². The lowest BCUT2D eigenvalue weighted by Gasteiger charge is -2.17. The van der Waals surface area contributed by atoms with Crippen LogP contribution in [0.2, 0.25) is 0 Å². The Hall–Kier alpha value is -0.440. The maximum absolute atomic E-state index is 12.9. The van der Waals surface area contributed by atoms with Gasteiger partial charge in [-0.1, -0.05) is 19.8 Å². The third-order valence-electron chi connectivity index (χ3n) is 1.93. The van der Waals surface area contributed by atoms with Crippen LogP contribution in [-0.4, -0.2) is 17.3 Å². The van der Waals surface area contributed by atoms with Crippen molar-refractivity contribution in [3.63, 3.8) is 0 Å². The molecule has 1 unspecified atom stereocenters. The van der Waals surface area contributed by atoms with Gasteiger partial charge in [-0.05, 0) is 19.8 Å². The number of carbonyl (C=O) groups excluding carboxylic acids is 1. The number of alkyl halides is 2. The number of halogens is 2. The number of rotatable bonds is 9. The Bertz CT molecular complexity index is 227. The van der Waals surface area contributed by atoms with E-state index in [2.05, 4.69) is 14.1 Å².